The molecule has 96 valence electrons. The quantitative estimate of drug-likeness (QED) is 0.731. The summed E-state index contributed by atoms with van der Waals surface area (Å²) in [4.78, 5) is 0. The summed E-state index contributed by atoms with van der Waals surface area (Å²) in [5.74, 6) is 0. The van der Waals surface area contributed by atoms with Crippen molar-refractivity contribution in [2.24, 2.45) is 5.41 Å². The monoisotopic (exact) mass is 257 g/mol. The van der Waals surface area contributed by atoms with E-state index < -0.39 is 5.41 Å². The van der Waals surface area contributed by atoms with Gasteiger partial charge in [-0.1, -0.05) is 30.7 Å². The van der Waals surface area contributed by atoms with Crippen molar-refractivity contribution < 1.29 is 10.2 Å². The zero-order valence-electron chi connectivity index (χ0n) is 10.3. The minimum atomic E-state index is -0.493. The van der Waals surface area contributed by atoms with Gasteiger partial charge in [-0.15, -0.1) is 0 Å². The van der Waals surface area contributed by atoms with Crippen LogP contribution < -0.4 is 5.32 Å². The molecule has 3 nitrogen and oxygen atoms in total. The van der Waals surface area contributed by atoms with Gasteiger partial charge in [0.15, 0.2) is 0 Å². The van der Waals surface area contributed by atoms with Crippen LogP contribution in [0.1, 0.15) is 25.5 Å². The maximum Gasteiger partial charge on any atom is 0.0519 e. The first-order valence-electron chi connectivity index (χ1n) is 5.71. The maximum atomic E-state index is 9.19. The van der Waals surface area contributed by atoms with Crippen LogP contribution in [0.5, 0.6) is 0 Å². The molecule has 1 rings (SSSR count). The van der Waals surface area contributed by atoms with Crippen LogP contribution in [0.2, 0.25) is 5.02 Å². The molecule has 0 aromatic heterocycles. The summed E-state index contributed by atoms with van der Waals surface area (Å²) in [5.41, 5.74) is 0.600. The Labute approximate surface area is 107 Å². The maximum absolute atomic E-state index is 9.19. The zero-order chi connectivity index (χ0) is 12.9. The van der Waals surface area contributed by atoms with E-state index in [9.17, 15) is 10.2 Å². The van der Waals surface area contributed by atoms with Crippen LogP contribution in [0.4, 0.5) is 0 Å². The van der Waals surface area contributed by atoms with Crippen molar-refractivity contribution in [3.8, 4) is 0 Å². The highest BCUT2D eigenvalue weighted by atomic mass is 35.5. The fourth-order valence-corrected chi connectivity index (χ4v) is 1.65. The molecule has 0 aliphatic carbocycles. The van der Waals surface area contributed by atoms with E-state index >= 15 is 0 Å². The number of hydrogen-bond donors (Lipinski definition) is 3. The van der Waals surface area contributed by atoms with Crippen LogP contribution in [0.15, 0.2) is 24.3 Å². The largest absolute Gasteiger partial charge is 0.396 e. The van der Waals surface area contributed by atoms with Gasteiger partial charge in [-0.25, -0.2) is 0 Å². The van der Waals surface area contributed by atoms with Gasteiger partial charge >= 0.3 is 0 Å². The Hall–Kier alpha value is -0.610. The van der Waals surface area contributed by atoms with E-state index in [4.69, 9.17) is 11.6 Å². The standard InChI is InChI=1S/C13H20ClNO2/c1-10(11-4-3-5-12(14)6-11)15-7-13(2,8-16)9-17/h3-6,10,15-17H,7-9H2,1-2H3/t10-/m0/s1. The molecule has 1 atom stereocenters. The van der Waals surface area contributed by atoms with Gasteiger partial charge in [-0.3, -0.25) is 0 Å². The molecule has 0 aliphatic rings. The van der Waals surface area contributed by atoms with Crippen molar-refractivity contribution in [2.45, 2.75) is 19.9 Å². The Morgan fingerprint density at radius 3 is 2.53 bits per heavy atom. The summed E-state index contributed by atoms with van der Waals surface area (Å²) in [7, 11) is 0. The van der Waals surface area contributed by atoms with E-state index in [1.54, 1.807) is 0 Å². The number of aliphatic hydroxyl groups is 2. The fourth-order valence-electron chi connectivity index (χ4n) is 1.46. The molecular weight excluding hydrogens is 238 g/mol. The molecular formula is C13H20ClNO2. The zero-order valence-corrected chi connectivity index (χ0v) is 11.0. The average molecular weight is 258 g/mol. The topological polar surface area (TPSA) is 52.5 Å². The summed E-state index contributed by atoms with van der Waals surface area (Å²) < 4.78 is 0. The van der Waals surface area contributed by atoms with Gasteiger partial charge in [0.1, 0.15) is 0 Å². The van der Waals surface area contributed by atoms with Gasteiger partial charge in [-0.2, -0.15) is 0 Å². The van der Waals surface area contributed by atoms with E-state index in [0.29, 0.717) is 11.6 Å². The molecule has 0 aliphatic heterocycles. The Bertz CT molecular complexity index is 353. The lowest BCUT2D eigenvalue weighted by Gasteiger charge is -2.27. The Kier molecular flexibility index (Phi) is 5.40. The third kappa shape index (κ3) is 4.28. The third-order valence-electron chi connectivity index (χ3n) is 2.95. The molecule has 0 amide bonds. The first-order valence-corrected chi connectivity index (χ1v) is 6.09. The molecule has 1 aromatic carbocycles. The van der Waals surface area contributed by atoms with Crippen molar-refractivity contribution in [3.63, 3.8) is 0 Å². The Morgan fingerprint density at radius 1 is 1.35 bits per heavy atom. The minimum absolute atomic E-state index is 0.0429. The summed E-state index contributed by atoms with van der Waals surface area (Å²) >= 11 is 5.93. The lowest BCUT2D eigenvalue weighted by molar-refractivity contribution is 0.0677. The Morgan fingerprint density at radius 2 is 2.00 bits per heavy atom. The van der Waals surface area contributed by atoms with Crippen LogP contribution in [-0.4, -0.2) is 30.0 Å². The van der Waals surface area contributed by atoms with Gasteiger partial charge in [0, 0.05) is 23.0 Å². The summed E-state index contributed by atoms with van der Waals surface area (Å²) in [6.07, 6.45) is 0. The molecule has 4 heteroatoms. The molecule has 0 fully saturated rings. The average Bonchev–Trinajstić information content (AvgIpc) is 2.35. The van der Waals surface area contributed by atoms with Crippen molar-refractivity contribution >= 4 is 11.6 Å². The van der Waals surface area contributed by atoms with E-state index in [-0.39, 0.29) is 19.3 Å². The number of aliphatic hydroxyl groups excluding tert-OH is 2. The lowest BCUT2D eigenvalue weighted by Crippen LogP contribution is -2.38. The molecule has 0 radical (unpaired) electrons. The lowest BCUT2D eigenvalue weighted by atomic mass is 9.92. The van der Waals surface area contributed by atoms with Crippen LogP contribution >= 0.6 is 11.6 Å². The number of halogens is 1. The predicted octanol–water partition coefficient (Wildman–Crippen LogP) is 1.98. The highest BCUT2D eigenvalue weighted by molar-refractivity contribution is 6.30. The van der Waals surface area contributed by atoms with Crippen molar-refractivity contribution in [2.75, 3.05) is 19.8 Å². The normalized spacial score (nSPS) is 13.7. The molecule has 1 aromatic rings. The second-order valence-electron chi connectivity index (χ2n) is 4.78. The number of rotatable bonds is 6. The van der Waals surface area contributed by atoms with Crippen LogP contribution in [0.25, 0.3) is 0 Å². The first kappa shape index (κ1) is 14.5. The summed E-state index contributed by atoms with van der Waals surface area (Å²) in [6, 6.07) is 7.79. The van der Waals surface area contributed by atoms with Crippen molar-refractivity contribution in [3.05, 3.63) is 34.9 Å². The van der Waals surface area contributed by atoms with Gasteiger partial charge < -0.3 is 15.5 Å². The summed E-state index contributed by atoms with van der Waals surface area (Å²) in [5, 5.41) is 22.4. The van der Waals surface area contributed by atoms with Crippen molar-refractivity contribution in [1.29, 1.82) is 0 Å². The van der Waals surface area contributed by atoms with Gasteiger partial charge in [0.25, 0.3) is 0 Å². The molecule has 0 saturated heterocycles. The van der Waals surface area contributed by atoms with Gasteiger partial charge in [0.2, 0.25) is 0 Å². The minimum Gasteiger partial charge on any atom is -0.396 e. The first-order chi connectivity index (χ1) is 8.00. The Balaban J connectivity index is 2.58. The van der Waals surface area contributed by atoms with Crippen molar-refractivity contribution in [1.82, 2.24) is 5.32 Å². The van der Waals surface area contributed by atoms with Crippen LogP contribution in [0.3, 0.4) is 0 Å². The highest BCUT2D eigenvalue weighted by Crippen LogP contribution is 2.19. The molecule has 0 saturated carbocycles. The van der Waals surface area contributed by atoms with E-state index in [1.165, 1.54) is 0 Å². The molecule has 0 spiro atoms. The second kappa shape index (κ2) is 6.36. The smallest absolute Gasteiger partial charge is 0.0519 e. The van der Waals surface area contributed by atoms with Gasteiger partial charge in [-0.05, 0) is 24.6 Å². The van der Waals surface area contributed by atoms with E-state index in [0.717, 1.165) is 5.56 Å². The highest BCUT2D eigenvalue weighted by Gasteiger charge is 2.22. The molecule has 3 N–H and O–H groups in total. The second-order valence-corrected chi connectivity index (χ2v) is 5.22. The molecule has 0 bridgehead atoms. The van der Waals surface area contributed by atoms with E-state index in [1.807, 2.05) is 38.1 Å². The third-order valence-corrected chi connectivity index (χ3v) is 3.18. The molecule has 0 unspecified atom stereocenters. The van der Waals surface area contributed by atoms with Gasteiger partial charge in [0.05, 0.1) is 13.2 Å². The number of nitrogens with one attached hydrogen (secondary N) is 1. The number of benzene rings is 1. The predicted molar refractivity (Wildman–Crippen MR) is 70.1 cm³/mol. The summed E-state index contributed by atoms with van der Waals surface area (Å²) in [6.45, 7) is 4.33. The van der Waals surface area contributed by atoms with E-state index in [2.05, 4.69) is 5.32 Å². The number of hydrogen-bond acceptors (Lipinski definition) is 3. The molecule has 17 heavy (non-hydrogen) atoms. The van der Waals surface area contributed by atoms with Crippen LogP contribution in [-0.2, 0) is 0 Å². The SMILES string of the molecule is C[C@H](NCC(C)(CO)CO)c1cccc(Cl)c1. The molecule has 0 heterocycles. The fraction of sp³-hybridized carbons (Fsp3) is 0.538. The van der Waals surface area contributed by atoms with Crippen LogP contribution in [0, 0.1) is 5.41 Å².